The van der Waals surface area contributed by atoms with Gasteiger partial charge in [0.05, 0.1) is 4.47 Å². The minimum atomic E-state index is -0.829. The molecule has 1 nitrogen and oxygen atoms in total. The zero-order chi connectivity index (χ0) is 11.6. The fraction of sp³-hybridized carbons (Fsp3) is 0.455. The number of halogens is 3. The van der Waals surface area contributed by atoms with Gasteiger partial charge in [0.1, 0.15) is 0 Å². The Labute approximate surface area is 97.0 Å². The first-order valence-electron chi connectivity index (χ1n) is 4.79. The van der Waals surface area contributed by atoms with Crippen molar-refractivity contribution < 1.29 is 8.78 Å². The fourth-order valence-electron chi connectivity index (χ4n) is 1.63. The largest absolute Gasteiger partial charge is 0.313 e. The molecule has 0 aliphatic heterocycles. The second-order valence-corrected chi connectivity index (χ2v) is 4.57. The highest BCUT2D eigenvalue weighted by molar-refractivity contribution is 9.10. The van der Waals surface area contributed by atoms with E-state index in [0.29, 0.717) is 5.92 Å². The number of rotatable bonds is 3. The zero-order valence-electron chi connectivity index (χ0n) is 8.94. The first-order chi connectivity index (χ1) is 6.99. The maximum absolute atomic E-state index is 13.3. The lowest BCUT2D eigenvalue weighted by Crippen LogP contribution is -2.22. The van der Waals surface area contributed by atoms with Gasteiger partial charge in [0.25, 0.3) is 0 Å². The van der Waals surface area contributed by atoms with Crippen molar-refractivity contribution in [3.05, 3.63) is 33.8 Å². The van der Waals surface area contributed by atoms with Crippen LogP contribution in [0.25, 0.3) is 0 Å². The molecule has 1 aromatic carbocycles. The molecule has 0 amide bonds. The second kappa shape index (κ2) is 5.03. The van der Waals surface area contributed by atoms with Crippen molar-refractivity contribution >= 4 is 15.9 Å². The van der Waals surface area contributed by atoms with E-state index in [1.54, 1.807) is 13.1 Å². The van der Waals surface area contributed by atoms with E-state index in [0.717, 1.165) is 11.6 Å². The van der Waals surface area contributed by atoms with Gasteiger partial charge in [0.15, 0.2) is 11.6 Å². The van der Waals surface area contributed by atoms with Gasteiger partial charge < -0.3 is 5.32 Å². The van der Waals surface area contributed by atoms with Crippen molar-refractivity contribution in [2.75, 3.05) is 7.05 Å². The molecule has 1 unspecified atom stereocenters. The lowest BCUT2D eigenvalue weighted by atomic mass is 9.96. The lowest BCUT2D eigenvalue weighted by molar-refractivity contribution is 0.433. The molecule has 0 radical (unpaired) electrons. The minimum absolute atomic E-state index is 0.00877. The van der Waals surface area contributed by atoms with Crippen LogP contribution in [0.5, 0.6) is 0 Å². The third-order valence-electron chi connectivity index (χ3n) is 2.38. The van der Waals surface area contributed by atoms with Crippen LogP contribution in [0.1, 0.15) is 25.5 Å². The quantitative estimate of drug-likeness (QED) is 0.832. The molecular weight excluding hydrogens is 264 g/mol. The molecule has 0 bridgehead atoms. The standard InChI is InChI=1S/C11H14BrF2N/c1-6(2)11(15-3)7-4-5-8(13)10(14)9(7)12/h4-6,11,15H,1-3H3. The molecule has 4 heteroatoms. The molecule has 1 aromatic rings. The van der Waals surface area contributed by atoms with Crippen LogP contribution in [-0.2, 0) is 0 Å². The van der Waals surface area contributed by atoms with E-state index < -0.39 is 11.6 Å². The molecule has 0 aliphatic carbocycles. The lowest BCUT2D eigenvalue weighted by Gasteiger charge is -2.22. The Balaban J connectivity index is 3.19. The fourth-order valence-corrected chi connectivity index (χ4v) is 2.20. The van der Waals surface area contributed by atoms with Gasteiger partial charge in [0, 0.05) is 6.04 Å². The first kappa shape index (κ1) is 12.6. The average molecular weight is 278 g/mol. The van der Waals surface area contributed by atoms with Crippen LogP contribution >= 0.6 is 15.9 Å². The Hall–Kier alpha value is -0.480. The van der Waals surface area contributed by atoms with Crippen LogP contribution in [0.15, 0.2) is 16.6 Å². The molecule has 0 fully saturated rings. The molecule has 0 aliphatic rings. The summed E-state index contributed by atoms with van der Waals surface area (Å²) in [6.45, 7) is 4.05. The predicted octanol–water partition coefficient (Wildman–Crippen LogP) is 3.64. The van der Waals surface area contributed by atoms with Gasteiger partial charge in [-0.3, -0.25) is 0 Å². The predicted molar refractivity (Wildman–Crippen MR) is 60.7 cm³/mol. The van der Waals surface area contributed by atoms with E-state index in [4.69, 9.17) is 0 Å². The number of hydrogen-bond acceptors (Lipinski definition) is 1. The normalized spacial score (nSPS) is 13.3. The Kier molecular flexibility index (Phi) is 4.22. The maximum atomic E-state index is 13.3. The molecule has 1 rings (SSSR count). The minimum Gasteiger partial charge on any atom is -0.313 e. The van der Waals surface area contributed by atoms with Gasteiger partial charge in [-0.1, -0.05) is 19.9 Å². The Morgan fingerprint density at radius 2 is 1.87 bits per heavy atom. The van der Waals surface area contributed by atoms with E-state index in [1.165, 1.54) is 0 Å². The maximum Gasteiger partial charge on any atom is 0.173 e. The third kappa shape index (κ3) is 2.55. The van der Waals surface area contributed by atoms with Gasteiger partial charge in [-0.15, -0.1) is 0 Å². The van der Waals surface area contributed by atoms with Crippen LogP contribution in [0.3, 0.4) is 0 Å². The molecule has 15 heavy (non-hydrogen) atoms. The molecule has 84 valence electrons. The van der Waals surface area contributed by atoms with Gasteiger partial charge in [0.2, 0.25) is 0 Å². The molecule has 0 heterocycles. The van der Waals surface area contributed by atoms with E-state index in [2.05, 4.69) is 21.2 Å². The van der Waals surface area contributed by atoms with Crippen molar-refractivity contribution in [3.8, 4) is 0 Å². The van der Waals surface area contributed by atoms with Gasteiger partial charge >= 0.3 is 0 Å². The van der Waals surface area contributed by atoms with Crippen molar-refractivity contribution in [3.63, 3.8) is 0 Å². The Morgan fingerprint density at radius 1 is 1.27 bits per heavy atom. The summed E-state index contributed by atoms with van der Waals surface area (Å²) >= 11 is 3.09. The summed E-state index contributed by atoms with van der Waals surface area (Å²) in [5, 5.41) is 3.09. The summed E-state index contributed by atoms with van der Waals surface area (Å²) in [7, 11) is 1.80. The van der Waals surface area contributed by atoms with Gasteiger partial charge in [-0.05, 0) is 40.5 Å². The number of benzene rings is 1. The van der Waals surface area contributed by atoms with Crippen LogP contribution in [0.4, 0.5) is 8.78 Å². The van der Waals surface area contributed by atoms with Crippen molar-refractivity contribution in [1.82, 2.24) is 5.32 Å². The summed E-state index contributed by atoms with van der Waals surface area (Å²) in [6.07, 6.45) is 0. The van der Waals surface area contributed by atoms with E-state index in [-0.39, 0.29) is 10.5 Å². The van der Waals surface area contributed by atoms with Crippen molar-refractivity contribution in [2.24, 2.45) is 5.92 Å². The number of hydrogen-bond donors (Lipinski definition) is 1. The Bertz CT molecular complexity index is 353. The van der Waals surface area contributed by atoms with Crippen molar-refractivity contribution in [1.29, 1.82) is 0 Å². The van der Waals surface area contributed by atoms with Gasteiger partial charge in [-0.2, -0.15) is 0 Å². The topological polar surface area (TPSA) is 12.0 Å². The molecule has 0 aromatic heterocycles. The van der Waals surface area contributed by atoms with Crippen LogP contribution < -0.4 is 5.32 Å². The van der Waals surface area contributed by atoms with E-state index >= 15 is 0 Å². The van der Waals surface area contributed by atoms with Crippen LogP contribution in [0.2, 0.25) is 0 Å². The molecule has 0 saturated carbocycles. The zero-order valence-corrected chi connectivity index (χ0v) is 10.5. The molecule has 0 saturated heterocycles. The monoisotopic (exact) mass is 277 g/mol. The summed E-state index contributed by atoms with van der Waals surface area (Å²) in [4.78, 5) is 0. The third-order valence-corrected chi connectivity index (χ3v) is 3.18. The van der Waals surface area contributed by atoms with Crippen LogP contribution in [-0.4, -0.2) is 7.05 Å². The average Bonchev–Trinajstić information content (AvgIpc) is 2.18. The smallest absolute Gasteiger partial charge is 0.173 e. The highest BCUT2D eigenvalue weighted by Gasteiger charge is 2.20. The first-order valence-corrected chi connectivity index (χ1v) is 5.59. The molecular formula is C11H14BrF2N. The second-order valence-electron chi connectivity index (χ2n) is 3.77. The van der Waals surface area contributed by atoms with E-state index in [9.17, 15) is 8.78 Å². The molecule has 0 spiro atoms. The van der Waals surface area contributed by atoms with Crippen LogP contribution in [0, 0.1) is 17.6 Å². The van der Waals surface area contributed by atoms with Gasteiger partial charge in [-0.25, -0.2) is 8.78 Å². The Morgan fingerprint density at radius 3 is 2.33 bits per heavy atom. The summed E-state index contributed by atoms with van der Waals surface area (Å²) in [5.41, 5.74) is 0.742. The van der Waals surface area contributed by atoms with E-state index in [1.807, 2.05) is 13.8 Å². The molecule has 1 atom stereocenters. The highest BCUT2D eigenvalue weighted by atomic mass is 79.9. The summed E-state index contributed by atoms with van der Waals surface area (Å²) in [6, 6.07) is 2.76. The summed E-state index contributed by atoms with van der Waals surface area (Å²) in [5.74, 6) is -1.35. The highest BCUT2D eigenvalue weighted by Crippen LogP contribution is 2.31. The molecule has 1 N–H and O–H groups in total. The van der Waals surface area contributed by atoms with Crippen molar-refractivity contribution in [2.45, 2.75) is 19.9 Å². The SMILES string of the molecule is CNC(c1ccc(F)c(F)c1Br)C(C)C. The number of nitrogens with one attached hydrogen (secondary N) is 1. The summed E-state index contributed by atoms with van der Waals surface area (Å²) < 4.78 is 26.4.